The number of nitrogens with zero attached hydrogens (tertiary/aromatic N) is 3. The van der Waals surface area contributed by atoms with Crippen molar-refractivity contribution < 1.29 is 13.2 Å². The maximum Gasteiger partial charge on any atom is 0.304 e. The van der Waals surface area contributed by atoms with Crippen molar-refractivity contribution in [3.8, 4) is 22.7 Å². The van der Waals surface area contributed by atoms with E-state index in [0.29, 0.717) is 22.0 Å². The molecular weight excluding hydrogens is 510 g/mol. The van der Waals surface area contributed by atoms with E-state index in [4.69, 9.17) is 16.3 Å². The van der Waals surface area contributed by atoms with Crippen LogP contribution in [0.2, 0.25) is 5.02 Å². The molecule has 12 heteroatoms. The highest BCUT2D eigenvalue weighted by Crippen LogP contribution is 2.31. The van der Waals surface area contributed by atoms with Gasteiger partial charge in [0.1, 0.15) is 22.9 Å². The number of nitrogens with one attached hydrogen (secondary N) is 2. The van der Waals surface area contributed by atoms with Gasteiger partial charge in [-0.05, 0) is 55.3 Å². The second kappa shape index (κ2) is 9.94. The first-order chi connectivity index (χ1) is 16.9. The zero-order chi connectivity index (χ0) is 24.4. The van der Waals surface area contributed by atoms with Crippen LogP contribution in [0.15, 0.2) is 63.7 Å². The summed E-state index contributed by atoms with van der Waals surface area (Å²) in [5, 5.41) is 10.5. The topological polar surface area (TPSA) is 119 Å². The van der Waals surface area contributed by atoms with E-state index in [1.54, 1.807) is 40.5 Å². The van der Waals surface area contributed by atoms with E-state index in [9.17, 15) is 13.2 Å². The molecule has 0 amide bonds. The highest BCUT2D eigenvalue weighted by atomic mass is 35.5. The zero-order valence-electron chi connectivity index (χ0n) is 18.5. The highest BCUT2D eigenvalue weighted by molar-refractivity contribution is 7.89. The lowest BCUT2D eigenvalue weighted by Crippen LogP contribution is -2.33. The van der Waals surface area contributed by atoms with E-state index < -0.39 is 10.0 Å². The Kier molecular flexibility index (Phi) is 6.74. The van der Waals surface area contributed by atoms with Gasteiger partial charge in [0.05, 0.1) is 17.6 Å². The van der Waals surface area contributed by atoms with Gasteiger partial charge in [-0.3, -0.25) is 4.79 Å². The molecule has 0 radical (unpaired) electrons. The molecule has 4 aromatic rings. The molecular formula is C23H22ClN5O4S2. The minimum absolute atomic E-state index is 0.0130. The SMILES string of the molecule is O=c1[nH]c(-c2ccc(OCc3cn(-c4ccc(Cl)cc4)nn3)c(S(=O)(=O)NC3CCCC3)c2)cs1. The average Bonchev–Trinajstić information content (AvgIpc) is 3.61. The fourth-order valence-electron chi connectivity index (χ4n) is 3.99. The lowest BCUT2D eigenvalue weighted by atomic mass is 10.2. The van der Waals surface area contributed by atoms with Gasteiger partial charge in [0.25, 0.3) is 0 Å². The summed E-state index contributed by atoms with van der Waals surface area (Å²) in [7, 11) is -3.86. The van der Waals surface area contributed by atoms with Crippen LogP contribution in [0, 0.1) is 0 Å². The van der Waals surface area contributed by atoms with Crippen LogP contribution in [0.3, 0.4) is 0 Å². The molecule has 0 atom stereocenters. The summed E-state index contributed by atoms with van der Waals surface area (Å²) in [5.74, 6) is 0.192. The van der Waals surface area contributed by atoms with Crippen LogP contribution >= 0.6 is 22.9 Å². The number of hydrogen-bond donors (Lipinski definition) is 2. The van der Waals surface area contributed by atoms with Gasteiger partial charge in [-0.1, -0.05) is 41.0 Å². The molecule has 0 saturated heterocycles. The third-order valence-electron chi connectivity index (χ3n) is 5.75. The number of sulfonamides is 1. The number of benzene rings is 2. The number of aromatic nitrogens is 4. The maximum absolute atomic E-state index is 13.3. The molecule has 1 aliphatic rings. The maximum atomic E-state index is 13.3. The number of thiazole rings is 1. The third-order valence-corrected chi connectivity index (χ3v) is 8.21. The Balaban J connectivity index is 1.41. The fourth-order valence-corrected chi connectivity index (χ4v) is 6.18. The van der Waals surface area contributed by atoms with Crippen LogP contribution in [-0.4, -0.2) is 34.4 Å². The molecule has 2 N–H and O–H groups in total. The minimum Gasteiger partial charge on any atom is -0.486 e. The number of halogens is 1. The second-order valence-corrected chi connectivity index (χ2v) is 11.2. The molecule has 0 bridgehead atoms. The van der Waals surface area contributed by atoms with Crippen LogP contribution in [-0.2, 0) is 16.6 Å². The molecule has 1 fully saturated rings. The summed E-state index contributed by atoms with van der Waals surface area (Å²) >= 11 is 6.96. The van der Waals surface area contributed by atoms with Crippen molar-refractivity contribution in [2.75, 3.05) is 0 Å². The first kappa shape index (κ1) is 23.7. The van der Waals surface area contributed by atoms with Gasteiger partial charge >= 0.3 is 4.87 Å². The summed E-state index contributed by atoms with van der Waals surface area (Å²) in [6.07, 6.45) is 5.31. The van der Waals surface area contributed by atoms with E-state index in [1.165, 1.54) is 6.07 Å². The number of aromatic amines is 1. The van der Waals surface area contributed by atoms with E-state index in [0.717, 1.165) is 42.7 Å². The molecule has 1 aliphatic carbocycles. The standard InChI is InChI=1S/C23H22ClN5O4S2/c24-16-6-8-19(9-7-16)29-12-18(26-28-29)13-33-21-10-5-15(20-14-34-23(30)25-20)11-22(21)35(31,32)27-17-3-1-2-4-17/h5-12,14,17,27H,1-4,13H2,(H,25,30). The first-order valence-electron chi connectivity index (χ1n) is 11.0. The monoisotopic (exact) mass is 531 g/mol. The van der Waals surface area contributed by atoms with Gasteiger partial charge in [-0.25, -0.2) is 17.8 Å². The summed E-state index contributed by atoms with van der Waals surface area (Å²) in [5.41, 5.74) is 2.44. The molecule has 0 unspecified atom stereocenters. The molecule has 2 aromatic carbocycles. The lowest BCUT2D eigenvalue weighted by Gasteiger charge is -2.16. The van der Waals surface area contributed by atoms with Crippen molar-refractivity contribution in [3.05, 3.63) is 74.4 Å². The molecule has 2 aromatic heterocycles. The van der Waals surface area contributed by atoms with Gasteiger partial charge < -0.3 is 9.72 Å². The average molecular weight is 532 g/mol. The zero-order valence-corrected chi connectivity index (χ0v) is 20.9. The summed E-state index contributed by atoms with van der Waals surface area (Å²) in [6.45, 7) is 0.0220. The van der Waals surface area contributed by atoms with E-state index in [2.05, 4.69) is 20.0 Å². The Morgan fingerprint density at radius 3 is 2.66 bits per heavy atom. The normalized spacial score (nSPS) is 14.4. The number of rotatable bonds is 8. The Bertz CT molecular complexity index is 1490. The Labute approximate surface area is 210 Å². The van der Waals surface area contributed by atoms with E-state index >= 15 is 0 Å². The smallest absolute Gasteiger partial charge is 0.304 e. The molecule has 182 valence electrons. The van der Waals surface area contributed by atoms with E-state index in [-0.39, 0.29) is 28.2 Å². The molecule has 9 nitrogen and oxygen atoms in total. The number of ether oxygens (including phenoxy) is 1. The minimum atomic E-state index is -3.86. The number of hydrogen-bond acceptors (Lipinski definition) is 7. The van der Waals surface area contributed by atoms with Crippen molar-refractivity contribution in [1.29, 1.82) is 0 Å². The van der Waals surface area contributed by atoms with Gasteiger partial charge in [0.15, 0.2) is 0 Å². The van der Waals surface area contributed by atoms with Crippen molar-refractivity contribution in [1.82, 2.24) is 24.7 Å². The first-order valence-corrected chi connectivity index (χ1v) is 13.8. The van der Waals surface area contributed by atoms with Crippen LogP contribution in [0.1, 0.15) is 31.4 Å². The third kappa shape index (κ3) is 5.48. The largest absolute Gasteiger partial charge is 0.486 e. The van der Waals surface area contributed by atoms with Gasteiger partial charge in [0.2, 0.25) is 10.0 Å². The highest BCUT2D eigenvalue weighted by Gasteiger charge is 2.26. The molecule has 35 heavy (non-hydrogen) atoms. The Morgan fingerprint density at radius 1 is 1.17 bits per heavy atom. The molecule has 0 aliphatic heterocycles. The summed E-state index contributed by atoms with van der Waals surface area (Å²) in [6, 6.07) is 11.9. The van der Waals surface area contributed by atoms with Crippen molar-refractivity contribution in [2.24, 2.45) is 0 Å². The quantitative estimate of drug-likeness (QED) is 0.353. The molecule has 5 rings (SSSR count). The molecule has 1 saturated carbocycles. The summed E-state index contributed by atoms with van der Waals surface area (Å²) in [4.78, 5) is 14.1. The van der Waals surface area contributed by atoms with Gasteiger partial charge in [-0.2, -0.15) is 0 Å². The van der Waals surface area contributed by atoms with Crippen LogP contribution < -0.4 is 14.3 Å². The Morgan fingerprint density at radius 2 is 1.94 bits per heavy atom. The van der Waals surface area contributed by atoms with Crippen LogP contribution in [0.5, 0.6) is 5.75 Å². The van der Waals surface area contributed by atoms with Gasteiger partial charge in [-0.15, -0.1) is 5.10 Å². The molecule has 0 spiro atoms. The van der Waals surface area contributed by atoms with Crippen molar-refractivity contribution >= 4 is 33.0 Å². The van der Waals surface area contributed by atoms with Crippen LogP contribution in [0.4, 0.5) is 0 Å². The number of H-pyrrole nitrogens is 1. The van der Waals surface area contributed by atoms with Gasteiger partial charge in [0, 0.05) is 22.0 Å². The van der Waals surface area contributed by atoms with Crippen molar-refractivity contribution in [3.63, 3.8) is 0 Å². The fraction of sp³-hybridized carbons (Fsp3) is 0.261. The lowest BCUT2D eigenvalue weighted by molar-refractivity contribution is 0.293. The van der Waals surface area contributed by atoms with E-state index in [1.807, 2.05) is 12.1 Å². The predicted octanol–water partition coefficient (Wildman–Crippen LogP) is 4.14. The van der Waals surface area contributed by atoms with Crippen molar-refractivity contribution in [2.45, 2.75) is 43.2 Å². The second-order valence-electron chi connectivity index (χ2n) is 8.25. The van der Waals surface area contributed by atoms with Crippen LogP contribution in [0.25, 0.3) is 16.9 Å². The Hall–Kier alpha value is -2.99. The summed E-state index contributed by atoms with van der Waals surface area (Å²) < 4.78 is 36.9. The predicted molar refractivity (Wildman–Crippen MR) is 134 cm³/mol. The molecule has 2 heterocycles.